The number of carbonyl (C=O) groups excluding carboxylic acids is 1. The highest BCUT2D eigenvalue weighted by Crippen LogP contribution is 2.27. The molecule has 0 fully saturated rings. The van der Waals surface area contributed by atoms with Crippen LogP contribution >= 0.6 is 0 Å². The van der Waals surface area contributed by atoms with Crippen molar-refractivity contribution in [1.82, 2.24) is 25.3 Å². The van der Waals surface area contributed by atoms with Crippen LogP contribution in [0, 0.1) is 13.8 Å². The molecule has 122 valence electrons. The second kappa shape index (κ2) is 6.67. The van der Waals surface area contributed by atoms with E-state index in [0.29, 0.717) is 5.69 Å². The summed E-state index contributed by atoms with van der Waals surface area (Å²) in [6.07, 6.45) is -1.66. The van der Waals surface area contributed by atoms with Crippen LogP contribution in [0.5, 0.6) is 0 Å². The van der Waals surface area contributed by atoms with Crippen LogP contribution in [0.4, 0.5) is 13.2 Å². The molecule has 0 saturated carbocycles. The van der Waals surface area contributed by atoms with Crippen molar-refractivity contribution in [1.29, 1.82) is 0 Å². The van der Waals surface area contributed by atoms with Crippen molar-refractivity contribution >= 4 is 5.91 Å². The van der Waals surface area contributed by atoms with E-state index >= 15 is 0 Å². The van der Waals surface area contributed by atoms with Crippen molar-refractivity contribution in [3.8, 4) is 0 Å². The molecule has 2 heterocycles. The molecule has 0 aliphatic carbocycles. The number of carbonyl (C=O) groups is 1. The predicted octanol–water partition coefficient (Wildman–Crippen LogP) is 1.87. The van der Waals surface area contributed by atoms with Crippen molar-refractivity contribution in [3.63, 3.8) is 0 Å². The van der Waals surface area contributed by atoms with Crippen molar-refractivity contribution in [2.24, 2.45) is 0 Å². The number of nitrogens with zero attached hydrogens (tertiary/aromatic N) is 4. The number of aryl methyl sites for hydroxylation is 2. The fourth-order valence-corrected chi connectivity index (χ4v) is 1.78. The summed E-state index contributed by atoms with van der Waals surface area (Å²) in [5, 5.41) is 2.54. The van der Waals surface area contributed by atoms with Crippen LogP contribution in [0.1, 0.15) is 33.4 Å². The molecule has 0 aromatic carbocycles. The summed E-state index contributed by atoms with van der Waals surface area (Å²) in [5.74, 6) is -0.436. The molecule has 9 heteroatoms. The molecular weight excluding hydrogens is 311 g/mol. The highest BCUT2D eigenvalue weighted by molar-refractivity contribution is 5.91. The summed E-state index contributed by atoms with van der Waals surface area (Å²) >= 11 is 0. The summed E-state index contributed by atoms with van der Waals surface area (Å²) in [7, 11) is 0. The van der Waals surface area contributed by atoms with Crippen LogP contribution in [0.25, 0.3) is 0 Å². The largest absolute Gasteiger partial charge is 0.433 e. The fraction of sp³-hybridized carbons (Fsp3) is 0.357. The molecule has 0 spiro atoms. The number of hydrogen-bond donors (Lipinski definition) is 1. The predicted molar refractivity (Wildman–Crippen MR) is 74.6 cm³/mol. The Morgan fingerprint density at radius 2 is 1.87 bits per heavy atom. The monoisotopic (exact) mass is 325 g/mol. The minimum atomic E-state index is -4.52. The van der Waals surface area contributed by atoms with E-state index in [1.807, 2.05) is 0 Å². The molecular formula is C14H14F3N5O. The molecule has 1 amide bonds. The van der Waals surface area contributed by atoms with Crippen LogP contribution in [0.2, 0.25) is 0 Å². The molecule has 2 rings (SSSR count). The number of rotatable bonds is 4. The maximum Gasteiger partial charge on any atom is 0.433 e. The Kier molecular flexibility index (Phi) is 4.87. The molecule has 0 radical (unpaired) electrons. The lowest BCUT2D eigenvalue weighted by Crippen LogP contribution is -2.27. The second-order valence-electron chi connectivity index (χ2n) is 4.86. The highest BCUT2D eigenvalue weighted by Gasteiger charge is 2.33. The third kappa shape index (κ3) is 4.70. The smallest absolute Gasteiger partial charge is 0.350 e. The van der Waals surface area contributed by atoms with Crippen LogP contribution in [-0.4, -0.2) is 32.4 Å². The Labute approximate surface area is 130 Å². The minimum Gasteiger partial charge on any atom is -0.350 e. The van der Waals surface area contributed by atoms with Gasteiger partial charge in [-0.2, -0.15) is 13.2 Å². The fourth-order valence-electron chi connectivity index (χ4n) is 1.78. The lowest BCUT2D eigenvalue weighted by atomic mass is 10.3. The molecule has 6 nitrogen and oxygen atoms in total. The van der Waals surface area contributed by atoms with Gasteiger partial charge < -0.3 is 5.32 Å². The number of hydrogen-bond acceptors (Lipinski definition) is 5. The van der Waals surface area contributed by atoms with E-state index < -0.39 is 17.8 Å². The van der Waals surface area contributed by atoms with Crippen LogP contribution in [-0.2, 0) is 12.6 Å². The summed E-state index contributed by atoms with van der Waals surface area (Å²) in [5.41, 5.74) is 0.0416. The van der Waals surface area contributed by atoms with Crippen LogP contribution in [0.15, 0.2) is 18.5 Å². The Bertz CT molecular complexity index is 701. The van der Waals surface area contributed by atoms with Gasteiger partial charge in [0.25, 0.3) is 5.91 Å². The van der Waals surface area contributed by atoms with Gasteiger partial charge in [0.1, 0.15) is 17.2 Å². The average Bonchev–Trinajstić information content (AvgIpc) is 2.46. The van der Waals surface area contributed by atoms with E-state index in [1.54, 1.807) is 6.92 Å². The summed E-state index contributed by atoms with van der Waals surface area (Å²) in [4.78, 5) is 27.1. The Balaban J connectivity index is 1.97. The minimum absolute atomic E-state index is 0.0209. The van der Waals surface area contributed by atoms with Gasteiger partial charge in [-0.05, 0) is 19.9 Å². The first-order valence-electron chi connectivity index (χ1n) is 6.74. The number of alkyl halides is 3. The van der Waals surface area contributed by atoms with Gasteiger partial charge in [-0.3, -0.25) is 9.78 Å². The SMILES string of the molecule is Cc1cnc(C(=O)NCCc2nc(C)cc(C(F)(F)F)n2)cn1. The van der Waals surface area contributed by atoms with E-state index in [9.17, 15) is 18.0 Å². The van der Waals surface area contributed by atoms with Crippen LogP contribution < -0.4 is 5.32 Å². The first kappa shape index (κ1) is 16.8. The zero-order valence-electron chi connectivity index (χ0n) is 12.5. The molecule has 0 saturated heterocycles. The van der Waals surface area contributed by atoms with Gasteiger partial charge in [0.15, 0.2) is 0 Å². The number of aromatic nitrogens is 4. The quantitative estimate of drug-likeness (QED) is 0.928. The normalized spacial score (nSPS) is 11.3. The maximum atomic E-state index is 12.7. The molecule has 0 aliphatic heterocycles. The highest BCUT2D eigenvalue weighted by atomic mass is 19.4. The molecule has 23 heavy (non-hydrogen) atoms. The zero-order valence-corrected chi connectivity index (χ0v) is 12.5. The Hall–Kier alpha value is -2.58. The van der Waals surface area contributed by atoms with Gasteiger partial charge >= 0.3 is 6.18 Å². The Morgan fingerprint density at radius 3 is 2.48 bits per heavy atom. The molecule has 2 aromatic rings. The molecule has 0 unspecified atom stereocenters. The van der Waals surface area contributed by atoms with Gasteiger partial charge in [-0.15, -0.1) is 0 Å². The Morgan fingerprint density at radius 1 is 1.13 bits per heavy atom. The lowest BCUT2D eigenvalue weighted by Gasteiger charge is -2.09. The van der Waals surface area contributed by atoms with Gasteiger partial charge in [0.2, 0.25) is 0 Å². The van der Waals surface area contributed by atoms with E-state index in [0.717, 1.165) is 6.07 Å². The summed E-state index contributed by atoms with van der Waals surface area (Å²) in [6, 6.07) is 0.879. The number of halogens is 3. The van der Waals surface area contributed by atoms with Crippen molar-refractivity contribution in [3.05, 3.63) is 47.1 Å². The van der Waals surface area contributed by atoms with Gasteiger partial charge in [0.05, 0.1) is 11.9 Å². The van der Waals surface area contributed by atoms with E-state index in [1.165, 1.54) is 19.3 Å². The lowest BCUT2D eigenvalue weighted by molar-refractivity contribution is -0.141. The molecule has 0 atom stereocenters. The van der Waals surface area contributed by atoms with E-state index in [2.05, 4.69) is 25.3 Å². The molecule has 0 aliphatic rings. The molecule has 1 N–H and O–H groups in total. The van der Waals surface area contributed by atoms with Crippen molar-refractivity contribution in [2.75, 3.05) is 6.54 Å². The standard InChI is InChI=1S/C14H14F3N5O/c1-8-5-11(14(15,16)17)22-12(21-8)3-4-18-13(23)10-7-19-9(2)6-20-10/h5-7H,3-4H2,1-2H3,(H,18,23). The number of nitrogens with one attached hydrogen (secondary N) is 1. The van der Waals surface area contributed by atoms with Gasteiger partial charge in [0, 0.05) is 24.9 Å². The van der Waals surface area contributed by atoms with E-state index in [4.69, 9.17) is 0 Å². The maximum absolute atomic E-state index is 12.7. The van der Waals surface area contributed by atoms with Gasteiger partial charge in [-0.25, -0.2) is 15.0 Å². The summed E-state index contributed by atoms with van der Waals surface area (Å²) < 4.78 is 38.0. The van der Waals surface area contributed by atoms with Crippen molar-refractivity contribution in [2.45, 2.75) is 26.4 Å². The first-order chi connectivity index (χ1) is 10.8. The first-order valence-corrected chi connectivity index (χ1v) is 6.74. The summed E-state index contributed by atoms with van der Waals surface area (Å²) in [6.45, 7) is 3.29. The van der Waals surface area contributed by atoms with Gasteiger partial charge in [-0.1, -0.05) is 0 Å². The second-order valence-corrected chi connectivity index (χ2v) is 4.86. The molecule has 2 aromatic heterocycles. The van der Waals surface area contributed by atoms with Crippen molar-refractivity contribution < 1.29 is 18.0 Å². The third-order valence-electron chi connectivity index (χ3n) is 2.84. The average molecular weight is 325 g/mol. The third-order valence-corrected chi connectivity index (χ3v) is 2.84. The number of amides is 1. The van der Waals surface area contributed by atoms with E-state index in [-0.39, 0.29) is 30.2 Å². The van der Waals surface area contributed by atoms with Crippen LogP contribution in [0.3, 0.4) is 0 Å². The topological polar surface area (TPSA) is 80.7 Å². The molecule has 0 bridgehead atoms. The zero-order chi connectivity index (χ0) is 17.0.